The smallest absolute Gasteiger partial charge is 0.340 e. The molecule has 0 bridgehead atoms. The maximum absolute atomic E-state index is 12.5. The molecule has 1 saturated heterocycles. The standard InChI is InChI=1S/C20H26N4O3/c1-14-12-15(2)24(22-14)18-9-8-17(13-21-18)20(26)27-16(3)19(25)23-10-6-4-5-7-11-23/h8-9,12-13,16H,4-7,10-11H2,1-3H3. The van der Waals surface area contributed by atoms with Gasteiger partial charge >= 0.3 is 5.97 Å². The zero-order valence-electron chi connectivity index (χ0n) is 16.1. The Morgan fingerprint density at radius 3 is 2.37 bits per heavy atom. The Morgan fingerprint density at radius 1 is 1.11 bits per heavy atom. The lowest BCUT2D eigenvalue weighted by molar-refractivity contribution is -0.139. The van der Waals surface area contributed by atoms with Crippen molar-refractivity contribution >= 4 is 11.9 Å². The minimum atomic E-state index is -0.800. The topological polar surface area (TPSA) is 77.3 Å². The van der Waals surface area contributed by atoms with E-state index < -0.39 is 12.1 Å². The van der Waals surface area contributed by atoms with Crippen LogP contribution < -0.4 is 0 Å². The molecule has 1 amide bonds. The lowest BCUT2D eigenvalue weighted by atomic mass is 10.2. The SMILES string of the molecule is Cc1cc(C)n(-c2ccc(C(=O)OC(C)C(=O)N3CCCCCC3)cn2)n1. The van der Waals surface area contributed by atoms with Crippen molar-refractivity contribution in [2.24, 2.45) is 0 Å². The van der Waals surface area contributed by atoms with Crippen molar-refractivity contribution in [3.8, 4) is 5.82 Å². The first kappa shape index (κ1) is 19.1. The number of likely N-dealkylation sites (tertiary alicyclic amines) is 1. The number of pyridine rings is 1. The van der Waals surface area contributed by atoms with Crippen LogP contribution in [-0.4, -0.2) is 50.7 Å². The first-order chi connectivity index (χ1) is 13.0. The van der Waals surface area contributed by atoms with E-state index in [0.717, 1.165) is 50.2 Å². The van der Waals surface area contributed by atoms with Crippen LogP contribution in [0.3, 0.4) is 0 Å². The van der Waals surface area contributed by atoms with Crippen molar-refractivity contribution in [2.45, 2.75) is 52.6 Å². The average molecular weight is 370 g/mol. The molecule has 1 fully saturated rings. The Bertz CT molecular complexity index is 805. The molecule has 7 nitrogen and oxygen atoms in total. The highest BCUT2D eigenvalue weighted by Gasteiger charge is 2.25. The number of hydrogen-bond donors (Lipinski definition) is 0. The van der Waals surface area contributed by atoms with Gasteiger partial charge in [0.05, 0.1) is 11.3 Å². The predicted molar refractivity (Wildman–Crippen MR) is 101 cm³/mol. The Labute approximate surface area is 159 Å². The van der Waals surface area contributed by atoms with E-state index in [4.69, 9.17) is 4.74 Å². The first-order valence-electron chi connectivity index (χ1n) is 9.45. The highest BCUT2D eigenvalue weighted by atomic mass is 16.5. The molecule has 3 heterocycles. The molecule has 0 N–H and O–H groups in total. The summed E-state index contributed by atoms with van der Waals surface area (Å²) in [5, 5.41) is 4.37. The summed E-state index contributed by atoms with van der Waals surface area (Å²) in [7, 11) is 0. The van der Waals surface area contributed by atoms with Crippen molar-refractivity contribution in [3.05, 3.63) is 41.3 Å². The molecule has 2 aromatic rings. The monoisotopic (exact) mass is 370 g/mol. The van der Waals surface area contributed by atoms with Gasteiger partial charge in [0.15, 0.2) is 11.9 Å². The fourth-order valence-electron chi connectivity index (χ4n) is 3.32. The number of esters is 1. The highest BCUT2D eigenvalue weighted by Crippen LogP contribution is 2.14. The summed E-state index contributed by atoms with van der Waals surface area (Å²) in [6.45, 7) is 6.96. The minimum Gasteiger partial charge on any atom is -0.449 e. The van der Waals surface area contributed by atoms with Gasteiger partial charge in [0.2, 0.25) is 0 Å². The Morgan fingerprint density at radius 2 is 1.81 bits per heavy atom. The van der Waals surface area contributed by atoms with Crippen molar-refractivity contribution in [2.75, 3.05) is 13.1 Å². The molecule has 1 unspecified atom stereocenters. The highest BCUT2D eigenvalue weighted by molar-refractivity contribution is 5.92. The summed E-state index contributed by atoms with van der Waals surface area (Å²) in [5.41, 5.74) is 2.18. The molecule has 0 spiro atoms. The van der Waals surface area contributed by atoms with Crippen LogP contribution in [-0.2, 0) is 9.53 Å². The van der Waals surface area contributed by atoms with Gasteiger partial charge in [0.25, 0.3) is 5.91 Å². The molecular weight excluding hydrogens is 344 g/mol. The number of hydrogen-bond acceptors (Lipinski definition) is 5. The first-order valence-corrected chi connectivity index (χ1v) is 9.45. The van der Waals surface area contributed by atoms with Gasteiger partial charge in [0.1, 0.15) is 0 Å². The van der Waals surface area contributed by atoms with Crippen LogP contribution in [0.15, 0.2) is 24.4 Å². The number of amides is 1. The average Bonchev–Trinajstić information content (AvgIpc) is 2.86. The van der Waals surface area contributed by atoms with Crippen LogP contribution in [0.4, 0.5) is 0 Å². The van der Waals surface area contributed by atoms with Crippen molar-refractivity contribution < 1.29 is 14.3 Å². The van der Waals surface area contributed by atoms with Crippen LogP contribution in [0.25, 0.3) is 5.82 Å². The third kappa shape index (κ3) is 4.53. The molecule has 1 aliphatic heterocycles. The second kappa shape index (κ2) is 8.33. The third-order valence-electron chi connectivity index (χ3n) is 4.76. The van der Waals surface area contributed by atoms with E-state index in [0.29, 0.717) is 11.4 Å². The maximum atomic E-state index is 12.5. The summed E-state index contributed by atoms with van der Waals surface area (Å²) >= 11 is 0. The quantitative estimate of drug-likeness (QED) is 0.774. The van der Waals surface area contributed by atoms with Gasteiger partial charge in [-0.15, -0.1) is 0 Å². The normalized spacial score (nSPS) is 15.9. The maximum Gasteiger partial charge on any atom is 0.340 e. The second-order valence-corrected chi connectivity index (χ2v) is 7.03. The Kier molecular flexibility index (Phi) is 5.88. The summed E-state index contributed by atoms with van der Waals surface area (Å²) in [5.74, 6) is -0.0404. The van der Waals surface area contributed by atoms with Gasteiger partial charge < -0.3 is 9.64 Å². The van der Waals surface area contributed by atoms with E-state index in [1.807, 2.05) is 19.9 Å². The number of nitrogens with zero attached hydrogens (tertiary/aromatic N) is 4. The van der Waals surface area contributed by atoms with Crippen LogP contribution in [0.2, 0.25) is 0 Å². The summed E-state index contributed by atoms with van der Waals surface area (Å²) in [6.07, 6.45) is 4.95. The van der Waals surface area contributed by atoms with E-state index in [1.165, 1.54) is 6.20 Å². The fourth-order valence-corrected chi connectivity index (χ4v) is 3.32. The summed E-state index contributed by atoms with van der Waals surface area (Å²) < 4.78 is 7.09. The van der Waals surface area contributed by atoms with E-state index in [1.54, 1.807) is 28.6 Å². The van der Waals surface area contributed by atoms with E-state index in [9.17, 15) is 9.59 Å². The molecule has 0 radical (unpaired) electrons. The third-order valence-corrected chi connectivity index (χ3v) is 4.76. The second-order valence-electron chi connectivity index (χ2n) is 7.03. The number of aromatic nitrogens is 3. The molecule has 1 atom stereocenters. The van der Waals surface area contributed by atoms with Gasteiger partial charge in [-0.3, -0.25) is 4.79 Å². The van der Waals surface area contributed by atoms with Gasteiger partial charge in [-0.25, -0.2) is 14.5 Å². The molecular formula is C20H26N4O3. The van der Waals surface area contributed by atoms with Crippen LogP contribution >= 0.6 is 0 Å². The van der Waals surface area contributed by atoms with E-state index in [2.05, 4.69) is 10.1 Å². The Hall–Kier alpha value is -2.70. The molecule has 7 heteroatoms. The molecule has 2 aromatic heterocycles. The number of aryl methyl sites for hydroxylation is 2. The number of rotatable bonds is 4. The van der Waals surface area contributed by atoms with Crippen LogP contribution in [0, 0.1) is 13.8 Å². The molecule has 3 rings (SSSR count). The lowest BCUT2D eigenvalue weighted by Crippen LogP contribution is -2.40. The fraction of sp³-hybridized carbons (Fsp3) is 0.500. The molecule has 0 saturated carbocycles. The largest absolute Gasteiger partial charge is 0.449 e. The minimum absolute atomic E-state index is 0.127. The molecule has 1 aliphatic rings. The molecule has 0 aliphatic carbocycles. The van der Waals surface area contributed by atoms with Crippen LogP contribution in [0.1, 0.15) is 54.4 Å². The van der Waals surface area contributed by atoms with Gasteiger partial charge in [-0.1, -0.05) is 12.8 Å². The predicted octanol–water partition coefficient (Wildman–Crippen LogP) is 2.83. The van der Waals surface area contributed by atoms with Crippen molar-refractivity contribution in [3.63, 3.8) is 0 Å². The Balaban J connectivity index is 1.63. The van der Waals surface area contributed by atoms with Crippen molar-refractivity contribution in [1.29, 1.82) is 0 Å². The zero-order chi connectivity index (χ0) is 19.4. The summed E-state index contributed by atoms with van der Waals surface area (Å²) in [4.78, 5) is 31.0. The van der Waals surface area contributed by atoms with Crippen molar-refractivity contribution in [1.82, 2.24) is 19.7 Å². The molecule has 27 heavy (non-hydrogen) atoms. The van der Waals surface area contributed by atoms with Gasteiger partial charge in [0, 0.05) is 25.0 Å². The van der Waals surface area contributed by atoms with Crippen LogP contribution in [0.5, 0.6) is 0 Å². The lowest BCUT2D eigenvalue weighted by Gasteiger charge is -2.24. The summed E-state index contributed by atoms with van der Waals surface area (Å²) in [6, 6.07) is 5.32. The molecule has 144 valence electrons. The molecule has 0 aromatic carbocycles. The zero-order valence-corrected chi connectivity index (χ0v) is 16.1. The number of carbonyl (C=O) groups is 2. The number of carbonyl (C=O) groups excluding carboxylic acids is 2. The number of ether oxygens (including phenoxy) is 1. The van der Waals surface area contributed by atoms with E-state index in [-0.39, 0.29) is 5.91 Å². The van der Waals surface area contributed by atoms with Gasteiger partial charge in [-0.05, 0) is 51.8 Å². The van der Waals surface area contributed by atoms with E-state index >= 15 is 0 Å². The van der Waals surface area contributed by atoms with Gasteiger partial charge in [-0.2, -0.15) is 5.10 Å².